The first kappa shape index (κ1) is 13.9. The number of benzene rings is 2. The zero-order valence-corrected chi connectivity index (χ0v) is 11.5. The average molecular weight is 268 g/mol. The predicted octanol–water partition coefficient (Wildman–Crippen LogP) is 3.37. The number of carbonyl (C=O) groups excluding carboxylic acids is 1. The van der Waals surface area contributed by atoms with Gasteiger partial charge in [0.1, 0.15) is 11.3 Å². The van der Waals surface area contributed by atoms with Gasteiger partial charge >= 0.3 is 5.97 Å². The molecule has 0 bridgehead atoms. The molecule has 0 radical (unpaired) electrons. The third-order valence-electron chi connectivity index (χ3n) is 2.92. The summed E-state index contributed by atoms with van der Waals surface area (Å²) in [4.78, 5) is 12.1. The Morgan fingerprint density at radius 3 is 1.70 bits per heavy atom. The van der Waals surface area contributed by atoms with E-state index < -0.39 is 5.97 Å². The summed E-state index contributed by atoms with van der Waals surface area (Å²) in [5, 5.41) is 0. The topological polar surface area (TPSA) is 35.5 Å². The van der Waals surface area contributed by atoms with Gasteiger partial charge in [0, 0.05) is 5.56 Å². The van der Waals surface area contributed by atoms with Crippen molar-refractivity contribution in [2.75, 3.05) is 14.2 Å². The first-order valence-corrected chi connectivity index (χ1v) is 6.25. The number of rotatable bonds is 4. The summed E-state index contributed by atoms with van der Waals surface area (Å²) < 4.78 is 10.3. The normalized spacial score (nSPS) is 11.5. The number of hydrogen-bond acceptors (Lipinski definition) is 3. The van der Waals surface area contributed by atoms with E-state index in [1.807, 2.05) is 60.7 Å². The Morgan fingerprint density at radius 2 is 1.25 bits per heavy atom. The minimum absolute atomic E-state index is 0.418. The fourth-order valence-electron chi connectivity index (χ4n) is 2.00. The van der Waals surface area contributed by atoms with Gasteiger partial charge in [0.15, 0.2) is 0 Å². The second-order valence-corrected chi connectivity index (χ2v) is 4.13. The standard InChI is InChI=1S/C17H16O3/c1-19-16(14-11-7-4-8-12-14)15(17(18)20-2)13-9-5-3-6-10-13/h3-12H,1-2H3. The molecular weight excluding hydrogens is 252 g/mol. The molecule has 0 aliphatic heterocycles. The maximum atomic E-state index is 12.1. The highest BCUT2D eigenvalue weighted by Crippen LogP contribution is 2.27. The van der Waals surface area contributed by atoms with Crippen LogP contribution in [0.5, 0.6) is 0 Å². The number of ether oxygens (including phenoxy) is 2. The molecule has 0 unspecified atom stereocenters. The molecule has 0 aliphatic carbocycles. The molecule has 2 aromatic carbocycles. The van der Waals surface area contributed by atoms with Crippen molar-refractivity contribution < 1.29 is 14.3 Å². The smallest absolute Gasteiger partial charge is 0.342 e. The highest BCUT2D eigenvalue weighted by molar-refractivity contribution is 6.23. The van der Waals surface area contributed by atoms with Gasteiger partial charge in [-0.15, -0.1) is 0 Å². The maximum absolute atomic E-state index is 12.1. The van der Waals surface area contributed by atoms with E-state index in [1.165, 1.54) is 7.11 Å². The third-order valence-corrected chi connectivity index (χ3v) is 2.92. The van der Waals surface area contributed by atoms with Gasteiger partial charge in [-0.25, -0.2) is 4.79 Å². The molecule has 0 aromatic heterocycles. The van der Waals surface area contributed by atoms with Crippen LogP contribution >= 0.6 is 0 Å². The molecule has 3 heteroatoms. The number of hydrogen-bond donors (Lipinski definition) is 0. The van der Waals surface area contributed by atoms with E-state index in [0.717, 1.165) is 11.1 Å². The van der Waals surface area contributed by atoms with Crippen molar-refractivity contribution in [2.45, 2.75) is 0 Å². The highest BCUT2D eigenvalue weighted by atomic mass is 16.5. The van der Waals surface area contributed by atoms with Crippen molar-refractivity contribution in [3.63, 3.8) is 0 Å². The molecule has 102 valence electrons. The molecule has 0 aliphatic rings. The van der Waals surface area contributed by atoms with Gasteiger partial charge in [0.2, 0.25) is 0 Å². The Balaban J connectivity index is 2.64. The SMILES string of the molecule is COC(=O)C(=C(OC)c1ccccc1)c1ccccc1. The second kappa shape index (κ2) is 6.57. The molecule has 2 rings (SSSR count). The van der Waals surface area contributed by atoms with E-state index in [9.17, 15) is 4.79 Å². The lowest BCUT2D eigenvalue weighted by Gasteiger charge is -2.13. The molecular formula is C17H16O3. The first-order valence-electron chi connectivity index (χ1n) is 6.25. The zero-order chi connectivity index (χ0) is 14.4. The quantitative estimate of drug-likeness (QED) is 0.369. The summed E-state index contributed by atoms with van der Waals surface area (Å²) in [5.41, 5.74) is 2.01. The number of methoxy groups -OCH3 is 2. The van der Waals surface area contributed by atoms with Crippen molar-refractivity contribution in [1.29, 1.82) is 0 Å². The Bertz CT molecular complexity index is 601. The van der Waals surface area contributed by atoms with Gasteiger partial charge in [0.05, 0.1) is 14.2 Å². The van der Waals surface area contributed by atoms with Gasteiger partial charge in [-0.05, 0) is 5.56 Å². The van der Waals surface area contributed by atoms with Crippen LogP contribution in [0.4, 0.5) is 0 Å². The summed E-state index contributed by atoms with van der Waals surface area (Å²) >= 11 is 0. The number of carbonyl (C=O) groups is 1. The molecule has 0 saturated heterocycles. The largest absolute Gasteiger partial charge is 0.495 e. The molecule has 0 amide bonds. The lowest BCUT2D eigenvalue weighted by atomic mass is 10.0. The highest BCUT2D eigenvalue weighted by Gasteiger charge is 2.20. The lowest BCUT2D eigenvalue weighted by molar-refractivity contribution is -0.133. The van der Waals surface area contributed by atoms with E-state index in [-0.39, 0.29) is 0 Å². The van der Waals surface area contributed by atoms with Crippen LogP contribution in [0, 0.1) is 0 Å². The Morgan fingerprint density at radius 1 is 0.750 bits per heavy atom. The van der Waals surface area contributed by atoms with Gasteiger partial charge in [-0.2, -0.15) is 0 Å². The lowest BCUT2D eigenvalue weighted by Crippen LogP contribution is -2.08. The van der Waals surface area contributed by atoms with Crippen molar-refractivity contribution in [3.05, 3.63) is 71.8 Å². The minimum Gasteiger partial charge on any atom is -0.495 e. The van der Waals surface area contributed by atoms with Gasteiger partial charge in [0.25, 0.3) is 0 Å². The van der Waals surface area contributed by atoms with Crippen LogP contribution in [-0.2, 0) is 14.3 Å². The van der Waals surface area contributed by atoms with Crippen LogP contribution < -0.4 is 0 Å². The Hall–Kier alpha value is -2.55. The van der Waals surface area contributed by atoms with Gasteiger partial charge in [-0.3, -0.25) is 0 Å². The summed E-state index contributed by atoms with van der Waals surface area (Å²) in [6.45, 7) is 0. The van der Waals surface area contributed by atoms with E-state index in [0.29, 0.717) is 11.3 Å². The van der Waals surface area contributed by atoms with Crippen LogP contribution in [0.25, 0.3) is 11.3 Å². The van der Waals surface area contributed by atoms with Crippen LogP contribution in [0.15, 0.2) is 60.7 Å². The zero-order valence-electron chi connectivity index (χ0n) is 11.5. The molecule has 0 heterocycles. The van der Waals surface area contributed by atoms with Crippen LogP contribution in [0.3, 0.4) is 0 Å². The third kappa shape index (κ3) is 2.88. The second-order valence-electron chi connectivity index (χ2n) is 4.13. The summed E-state index contributed by atoms with van der Waals surface area (Å²) in [6.07, 6.45) is 0. The summed E-state index contributed by atoms with van der Waals surface area (Å²) in [5.74, 6) is 0.0838. The Labute approximate surface area is 118 Å². The predicted molar refractivity (Wildman–Crippen MR) is 78.7 cm³/mol. The molecule has 0 spiro atoms. The van der Waals surface area contributed by atoms with E-state index in [2.05, 4.69) is 0 Å². The van der Waals surface area contributed by atoms with Gasteiger partial charge in [-0.1, -0.05) is 60.7 Å². The van der Waals surface area contributed by atoms with Crippen LogP contribution in [-0.4, -0.2) is 20.2 Å². The molecule has 2 aromatic rings. The first-order chi connectivity index (χ1) is 9.77. The van der Waals surface area contributed by atoms with Crippen molar-refractivity contribution in [3.8, 4) is 0 Å². The van der Waals surface area contributed by atoms with Crippen molar-refractivity contribution >= 4 is 17.3 Å². The van der Waals surface area contributed by atoms with E-state index in [1.54, 1.807) is 7.11 Å². The minimum atomic E-state index is -0.420. The fraction of sp³-hybridized carbons (Fsp3) is 0.118. The van der Waals surface area contributed by atoms with Crippen LogP contribution in [0.1, 0.15) is 11.1 Å². The van der Waals surface area contributed by atoms with E-state index >= 15 is 0 Å². The molecule has 0 saturated carbocycles. The molecule has 0 atom stereocenters. The molecule has 0 N–H and O–H groups in total. The summed E-state index contributed by atoms with van der Waals surface area (Å²) in [6, 6.07) is 18.8. The van der Waals surface area contributed by atoms with Crippen molar-refractivity contribution in [1.82, 2.24) is 0 Å². The van der Waals surface area contributed by atoms with E-state index in [4.69, 9.17) is 9.47 Å². The van der Waals surface area contributed by atoms with Crippen molar-refractivity contribution in [2.24, 2.45) is 0 Å². The van der Waals surface area contributed by atoms with Crippen LogP contribution in [0.2, 0.25) is 0 Å². The monoisotopic (exact) mass is 268 g/mol. The molecule has 20 heavy (non-hydrogen) atoms. The fourth-order valence-corrected chi connectivity index (χ4v) is 2.00. The summed E-state index contributed by atoms with van der Waals surface area (Å²) in [7, 11) is 2.91. The maximum Gasteiger partial charge on any atom is 0.342 e. The molecule has 0 fully saturated rings. The average Bonchev–Trinajstić information content (AvgIpc) is 2.53. The Kier molecular flexibility index (Phi) is 4.56. The van der Waals surface area contributed by atoms with Gasteiger partial charge < -0.3 is 9.47 Å². The number of esters is 1. The molecule has 3 nitrogen and oxygen atoms in total.